The first-order valence-corrected chi connectivity index (χ1v) is 8.71. The van der Waals surface area contributed by atoms with Crippen molar-refractivity contribution in [1.82, 2.24) is 14.8 Å². The molecular weight excluding hydrogens is 322 g/mol. The molecule has 1 aromatic carbocycles. The first-order valence-electron chi connectivity index (χ1n) is 7.72. The van der Waals surface area contributed by atoms with Crippen LogP contribution in [-0.2, 0) is 4.79 Å². The summed E-state index contributed by atoms with van der Waals surface area (Å²) in [4.78, 5) is 12.1. The lowest BCUT2D eigenvalue weighted by Gasteiger charge is -2.10. The van der Waals surface area contributed by atoms with Crippen LogP contribution in [0.25, 0.3) is 5.69 Å². The zero-order valence-corrected chi connectivity index (χ0v) is 14.1. The summed E-state index contributed by atoms with van der Waals surface area (Å²) in [5.41, 5.74) is 1.05. The molecule has 0 spiro atoms. The number of aromatic nitrogens is 3. The van der Waals surface area contributed by atoms with Gasteiger partial charge in [0.25, 0.3) is 0 Å². The molecule has 0 radical (unpaired) electrons. The Morgan fingerprint density at radius 2 is 2.12 bits per heavy atom. The second-order valence-corrected chi connectivity index (χ2v) is 6.73. The third-order valence-electron chi connectivity index (χ3n) is 3.84. The molecule has 3 rings (SSSR count). The van der Waals surface area contributed by atoms with Gasteiger partial charge < -0.3 is 5.41 Å². The van der Waals surface area contributed by atoms with E-state index in [4.69, 9.17) is 10.7 Å². The van der Waals surface area contributed by atoms with Crippen molar-refractivity contribution in [3.05, 3.63) is 36.2 Å². The number of hydrogen-bond acceptors (Lipinski definition) is 6. The van der Waals surface area contributed by atoms with E-state index < -0.39 is 5.92 Å². The summed E-state index contributed by atoms with van der Waals surface area (Å²) < 4.78 is 1.99. The number of nitrogens with zero attached hydrogens (tertiary/aromatic N) is 4. The Kier molecular flexibility index (Phi) is 4.76. The number of carbonyl (C=O) groups is 1. The lowest BCUT2D eigenvalue weighted by Crippen LogP contribution is -2.21. The van der Waals surface area contributed by atoms with Crippen LogP contribution in [0.3, 0.4) is 0 Å². The Labute approximate surface area is 144 Å². The molecule has 0 aliphatic heterocycles. The number of nitriles is 1. The lowest BCUT2D eigenvalue weighted by atomic mass is 10.0. The van der Waals surface area contributed by atoms with Crippen molar-refractivity contribution in [3.8, 4) is 11.8 Å². The van der Waals surface area contributed by atoms with E-state index in [0.29, 0.717) is 11.1 Å². The van der Waals surface area contributed by atoms with Gasteiger partial charge >= 0.3 is 0 Å². The average Bonchev–Trinajstić information content (AvgIpc) is 3.33. The fourth-order valence-corrected chi connectivity index (χ4v) is 3.29. The van der Waals surface area contributed by atoms with Gasteiger partial charge in [0.2, 0.25) is 0 Å². The molecule has 1 heterocycles. The van der Waals surface area contributed by atoms with Crippen LogP contribution in [0.5, 0.6) is 0 Å². The average molecular weight is 339 g/mol. The highest BCUT2D eigenvalue weighted by atomic mass is 32.2. The van der Waals surface area contributed by atoms with Gasteiger partial charge in [-0.15, -0.1) is 10.2 Å². The predicted molar refractivity (Wildman–Crippen MR) is 91.6 cm³/mol. The molecule has 24 heavy (non-hydrogen) atoms. The number of benzene rings is 1. The number of rotatable bonds is 7. The lowest BCUT2D eigenvalue weighted by molar-refractivity contribution is -0.117. The van der Waals surface area contributed by atoms with Gasteiger partial charge in [0.1, 0.15) is 11.7 Å². The summed E-state index contributed by atoms with van der Waals surface area (Å²) >= 11 is 1.27. The van der Waals surface area contributed by atoms with Crippen LogP contribution in [0.2, 0.25) is 0 Å². The standard InChI is InChI=1S/C17H17N5OS/c1-11(19)14(9-18)15(23)10-24-17-21-20-16(12-7-8-12)22(17)13-5-3-2-4-6-13/h2-6,12,14,19H,7-8,10H2,1H3. The molecule has 2 aromatic rings. The van der Waals surface area contributed by atoms with Crippen LogP contribution in [0.1, 0.15) is 31.5 Å². The summed E-state index contributed by atoms with van der Waals surface area (Å²) in [6.07, 6.45) is 2.22. The second-order valence-electron chi connectivity index (χ2n) is 5.79. The molecule has 1 atom stereocenters. The summed E-state index contributed by atoms with van der Waals surface area (Å²) in [5.74, 6) is 0.207. The zero-order chi connectivity index (χ0) is 17.1. The summed E-state index contributed by atoms with van der Waals surface area (Å²) in [5, 5.41) is 25.8. The van der Waals surface area contributed by atoms with Crippen LogP contribution < -0.4 is 0 Å². The van der Waals surface area contributed by atoms with Gasteiger partial charge in [-0.2, -0.15) is 5.26 Å². The fraction of sp³-hybridized carbons (Fsp3) is 0.353. The van der Waals surface area contributed by atoms with Crippen LogP contribution in [-0.4, -0.2) is 32.0 Å². The summed E-state index contributed by atoms with van der Waals surface area (Å²) in [6, 6.07) is 11.7. The maximum Gasteiger partial charge on any atom is 0.196 e. The van der Waals surface area contributed by atoms with Gasteiger partial charge in [-0.3, -0.25) is 9.36 Å². The van der Waals surface area contributed by atoms with Gasteiger partial charge in [0.15, 0.2) is 10.9 Å². The minimum Gasteiger partial charge on any atom is -0.308 e. The first-order chi connectivity index (χ1) is 11.6. The van der Waals surface area contributed by atoms with Crippen molar-refractivity contribution in [3.63, 3.8) is 0 Å². The zero-order valence-electron chi connectivity index (χ0n) is 13.3. The molecule has 6 nitrogen and oxygen atoms in total. The van der Waals surface area contributed by atoms with Gasteiger partial charge in [0.05, 0.1) is 11.8 Å². The minimum atomic E-state index is -0.978. The third kappa shape index (κ3) is 3.39. The molecule has 1 unspecified atom stereocenters. The highest BCUT2D eigenvalue weighted by Gasteiger charge is 2.31. The SMILES string of the molecule is CC(=N)C(C#N)C(=O)CSc1nnc(C2CC2)n1-c1ccccc1. The van der Waals surface area contributed by atoms with E-state index in [9.17, 15) is 4.79 Å². The van der Waals surface area contributed by atoms with Crippen molar-refractivity contribution in [2.75, 3.05) is 5.75 Å². The van der Waals surface area contributed by atoms with Gasteiger partial charge in [-0.1, -0.05) is 30.0 Å². The molecule has 0 amide bonds. The molecule has 122 valence electrons. The molecule has 1 saturated carbocycles. The highest BCUT2D eigenvalue weighted by molar-refractivity contribution is 7.99. The highest BCUT2D eigenvalue weighted by Crippen LogP contribution is 2.41. The maximum absolute atomic E-state index is 12.1. The fourth-order valence-electron chi connectivity index (χ4n) is 2.43. The number of hydrogen-bond donors (Lipinski definition) is 1. The molecule has 1 aromatic heterocycles. The van der Waals surface area contributed by atoms with Crippen LogP contribution in [0, 0.1) is 22.7 Å². The van der Waals surface area contributed by atoms with E-state index in [2.05, 4.69) is 10.2 Å². The Bertz CT molecular complexity index is 804. The monoisotopic (exact) mass is 339 g/mol. The smallest absolute Gasteiger partial charge is 0.196 e. The van der Waals surface area contributed by atoms with Crippen molar-refractivity contribution in [2.24, 2.45) is 5.92 Å². The van der Waals surface area contributed by atoms with Crippen molar-refractivity contribution >= 4 is 23.3 Å². The van der Waals surface area contributed by atoms with Crippen molar-refractivity contribution in [2.45, 2.75) is 30.8 Å². The number of Topliss-reactive ketones (excluding diaryl/α,β-unsaturated/α-hetero) is 1. The Balaban J connectivity index is 1.83. The van der Waals surface area contributed by atoms with E-state index in [0.717, 1.165) is 24.4 Å². The molecule has 7 heteroatoms. The first kappa shape index (κ1) is 16.4. The number of carbonyl (C=O) groups excluding carboxylic acids is 1. The Hall–Kier alpha value is -2.46. The van der Waals surface area contributed by atoms with E-state index >= 15 is 0 Å². The van der Waals surface area contributed by atoms with Crippen LogP contribution in [0.15, 0.2) is 35.5 Å². The van der Waals surface area contributed by atoms with Gasteiger partial charge in [-0.25, -0.2) is 0 Å². The molecule has 1 fully saturated rings. The number of ketones is 1. The van der Waals surface area contributed by atoms with Crippen LogP contribution >= 0.6 is 11.8 Å². The normalized spacial score (nSPS) is 14.8. The van der Waals surface area contributed by atoms with Crippen molar-refractivity contribution < 1.29 is 4.79 Å². The van der Waals surface area contributed by atoms with E-state index in [1.807, 2.05) is 41.0 Å². The Morgan fingerprint density at radius 3 is 2.71 bits per heavy atom. The topological polar surface area (TPSA) is 95.4 Å². The predicted octanol–water partition coefficient (Wildman–Crippen LogP) is 2.99. The second kappa shape index (κ2) is 6.97. The van der Waals surface area contributed by atoms with E-state index in [1.165, 1.54) is 18.7 Å². The molecule has 0 bridgehead atoms. The minimum absolute atomic E-state index is 0.0753. The summed E-state index contributed by atoms with van der Waals surface area (Å²) in [7, 11) is 0. The summed E-state index contributed by atoms with van der Waals surface area (Å²) in [6.45, 7) is 1.48. The molecule has 0 saturated heterocycles. The largest absolute Gasteiger partial charge is 0.308 e. The molecule has 1 aliphatic carbocycles. The molecule has 1 N–H and O–H groups in total. The van der Waals surface area contributed by atoms with Crippen LogP contribution in [0.4, 0.5) is 0 Å². The number of para-hydroxylation sites is 1. The number of thioether (sulfide) groups is 1. The molecule has 1 aliphatic rings. The number of nitrogens with one attached hydrogen (secondary N) is 1. The third-order valence-corrected chi connectivity index (χ3v) is 4.79. The van der Waals surface area contributed by atoms with Crippen molar-refractivity contribution in [1.29, 1.82) is 10.7 Å². The quantitative estimate of drug-likeness (QED) is 0.618. The Morgan fingerprint density at radius 1 is 1.42 bits per heavy atom. The van der Waals surface area contributed by atoms with Gasteiger partial charge in [-0.05, 0) is 31.9 Å². The molecular formula is C17H17N5OS. The van der Waals surface area contributed by atoms with E-state index in [1.54, 1.807) is 0 Å². The van der Waals surface area contributed by atoms with E-state index in [-0.39, 0.29) is 17.2 Å². The maximum atomic E-state index is 12.1. The van der Waals surface area contributed by atoms with Gasteiger partial charge in [0, 0.05) is 17.3 Å².